The van der Waals surface area contributed by atoms with Gasteiger partial charge in [0.15, 0.2) is 5.82 Å². The van der Waals surface area contributed by atoms with Crippen molar-refractivity contribution in [1.82, 2.24) is 14.6 Å². The fourth-order valence-corrected chi connectivity index (χ4v) is 3.77. The Labute approximate surface area is 124 Å². The number of halogens is 1. The summed E-state index contributed by atoms with van der Waals surface area (Å²) in [5.74, 6) is -0.389. The molecule has 1 aromatic heterocycles. The molecule has 1 aliphatic heterocycles. The molecule has 0 amide bonds. The first-order valence-electron chi connectivity index (χ1n) is 7.11. The summed E-state index contributed by atoms with van der Waals surface area (Å²) in [4.78, 5) is 3.60. The van der Waals surface area contributed by atoms with Crippen LogP contribution in [0.4, 0.5) is 10.1 Å². The van der Waals surface area contributed by atoms with Crippen molar-refractivity contribution in [3.63, 3.8) is 0 Å². The van der Waals surface area contributed by atoms with Crippen LogP contribution in [0.1, 0.15) is 19.8 Å². The van der Waals surface area contributed by atoms with Gasteiger partial charge in [0, 0.05) is 19.3 Å². The number of hydrogen-bond donors (Lipinski definition) is 2. The third-order valence-corrected chi connectivity index (χ3v) is 5.01. The zero-order chi connectivity index (χ0) is 15.3. The Bertz CT molecular complexity index is 567. The number of pyridine rings is 1. The van der Waals surface area contributed by atoms with Crippen LogP contribution in [0.3, 0.4) is 0 Å². The normalized spacial score (nSPS) is 20.4. The molecule has 2 rings (SSSR count). The van der Waals surface area contributed by atoms with Crippen LogP contribution in [-0.4, -0.2) is 43.9 Å². The minimum Gasteiger partial charge on any atom is -0.317 e. The van der Waals surface area contributed by atoms with E-state index in [0.29, 0.717) is 13.1 Å². The van der Waals surface area contributed by atoms with Crippen molar-refractivity contribution in [1.29, 1.82) is 0 Å². The van der Waals surface area contributed by atoms with Crippen LogP contribution < -0.4 is 10.0 Å². The number of nitrogens with one attached hydrogen (secondary N) is 2. The van der Waals surface area contributed by atoms with Gasteiger partial charge in [0.2, 0.25) is 0 Å². The van der Waals surface area contributed by atoms with E-state index < -0.39 is 16.0 Å². The first-order chi connectivity index (χ1) is 10.0. The molecule has 1 aromatic rings. The first-order valence-corrected chi connectivity index (χ1v) is 8.55. The topological polar surface area (TPSA) is 74.3 Å². The quantitative estimate of drug-likeness (QED) is 0.827. The fourth-order valence-electron chi connectivity index (χ4n) is 2.42. The average Bonchev–Trinajstić information content (AvgIpc) is 2.48. The molecule has 0 aliphatic carbocycles. The molecule has 8 heteroatoms. The van der Waals surface area contributed by atoms with Gasteiger partial charge in [-0.2, -0.15) is 12.7 Å². The zero-order valence-corrected chi connectivity index (χ0v) is 12.9. The van der Waals surface area contributed by atoms with Crippen molar-refractivity contribution in [3.8, 4) is 0 Å². The van der Waals surface area contributed by atoms with Gasteiger partial charge in [0.25, 0.3) is 0 Å². The van der Waals surface area contributed by atoms with E-state index in [2.05, 4.69) is 15.0 Å². The van der Waals surface area contributed by atoms with Crippen LogP contribution in [0.2, 0.25) is 0 Å². The van der Waals surface area contributed by atoms with E-state index in [0.717, 1.165) is 32.1 Å². The predicted octanol–water partition coefficient (Wildman–Crippen LogP) is 1.20. The molecule has 1 unspecified atom stereocenters. The highest BCUT2D eigenvalue weighted by atomic mass is 32.2. The van der Waals surface area contributed by atoms with Crippen molar-refractivity contribution >= 4 is 15.9 Å². The third kappa shape index (κ3) is 4.36. The summed E-state index contributed by atoms with van der Waals surface area (Å²) < 4.78 is 41.9. The maximum Gasteiger partial charge on any atom is 0.301 e. The summed E-state index contributed by atoms with van der Waals surface area (Å²) >= 11 is 0. The number of rotatable bonds is 6. The van der Waals surface area contributed by atoms with Gasteiger partial charge in [-0.3, -0.25) is 9.71 Å². The zero-order valence-electron chi connectivity index (χ0n) is 12.0. The van der Waals surface area contributed by atoms with E-state index in [1.807, 2.05) is 6.92 Å². The Morgan fingerprint density at radius 1 is 1.52 bits per heavy atom. The second-order valence-corrected chi connectivity index (χ2v) is 6.81. The molecule has 0 radical (unpaired) electrons. The Morgan fingerprint density at radius 2 is 2.33 bits per heavy atom. The highest BCUT2D eigenvalue weighted by Gasteiger charge is 2.29. The monoisotopic (exact) mass is 316 g/mol. The summed E-state index contributed by atoms with van der Waals surface area (Å²) in [5.41, 5.74) is -0.0705. The first kappa shape index (κ1) is 16.1. The van der Waals surface area contributed by atoms with Gasteiger partial charge in [-0.05, 0) is 37.9 Å². The second-order valence-electron chi connectivity index (χ2n) is 5.14. The maximum absolute atomic E-state index is 13.5. The summed E-state index contributed by atoms with van der Waals surface area (Å²) in [6.07, 6.45) is 4.16. The molecule has 0 bridgehead atoms. The standard InChI is InChI=1S/C13H21FN4O2S/c1-2-15-8-11-4-3-7-18(10-11)21(19,20)17-13-5-6-16-9-12(13)14/h5-6,9,11,15H,2-4,7-8,10H2,1H3,(H,16,17). The summed E-state index contributed by atoms with van der Waals surface area (Å²) in [6, 6.07) is 1.31. The summed E-state index contributed by atoms with van der Waals surface area (Å²) in [7, 11) is -3.73. The smallest absolute Gasteiger partial charge is 0.301 e. The molecule has 0 spiro atoms. The van der Waals surface area contributed by atoms with Gasteiger partial charge in [0.05, 0.1) is 11.9 Å². The Hall–Kier alpha value is -1.25. The molecule has 21 heavy (non-hydrogen) atoms. The van der Waals surface area contributed by atoms with Crippen molar-refractivity contribution in [2.45, 2.75) is 19.8 Å². The van der Waals surface area contributed by atoms with Crippen LogP contribution in [0.15, 0.2) is 18.5 Å². The van der Waals surface area contributed by atoms with E-state index in [-0.39, 0.29) is 11.6 Å². The van der Waals surface area contributed by atoms with Crippen molar-refractivity contribution in [2.24, 2.45) is 5.92 Å². The number of hydrogen-bond acceptors (Lipinski definition) is 4. The van der Waals surface area contributed by atoms with Gasteiger partial charge in [-0.15, -0.1) is 0 Å². The highest BCUT2D eigenvalue weighted by Crippen LogP contribution is 2.21. The van der Waals surface area contributed by atoms with E-state index in [4.69, 9.17) is 0 Å². The Kier molecular flexibility index (Phi) is 5.49. The average molecular weight is 316 g/mol. The number of aromatic nitrogens is 1. The van der Waals surface area contributed by atoms with Crippen LogP contribution in [0.5, 0.6) is 0 Å². The highest BCUT2D eigenvalue weighted by molar-refractivity contribution is 7.90. The molecule has 1 aliphatic rings. The van der Waals surface area contributed by atoms with Crippen LogP contribution in [0.25, 0.3) is 0 Å². The van der Waals surface area contributed by atoms with Gasteiger partial charge < -0.3 is 5.32 Å². The van der Waals surface area contributed by atoms with Gasteiger partial charge in [0.1, 0.15) is 0 Å². The summed E-state index contributed by atoms with van der Waals surface area (Å²) in [6.45, 7) is 4.60. The van der Waals surface area contributed by atoms with E-state index in [1.54, 1.807) is 0 Å². The largest absolute Gasteiger partial charge is 0.317 e. The molecule has 2 heterocycles. The van der Waals surface area contributed by atoms with E-state index in [9.17, 15) is 12.8 Å². The van der Waals surface area contributed by atoms with Crippen molar-refractivity contribution < 1.29 is 12.8 Å². The van der Waals surface area contributed by atoms with Crippen molar-refractivity contribution in [2.75, 3.05) is 30.9 Å². The predicted molar refractivity (Wildman–Crippen MR) is 79.6 cm³/mol. The second kappa shape index (κ2) is 7.15. The molecular weight excluding hydrogens is 295 g/mol. The molecule has 1 atom stereocenters. The lowest BCUT2D eigenvalue weighted by atomic mass is 10.00. The molecule has 1 saturated heterocycles. The molecule has 0 aromatic carbocycles. The Morgan fingerprint density at radius 3 is 3.05 bits per heavy atom. The van der Waals surface area contributed by atoms with Gasteiger partial charge in [-0.1, -0.05) is 6.92 Å². The van der Waals surface area contributed by atoms with Gasteiger partial charge >= 0.3 is 10.2 Å². The van der Waals surface area contributed by atoms with Crippen LogP contribution >= 0.6 is 0 Å². The Balaban J connectivity index is 2.03. The number of nitrogens with zero attached hydrogens (tertiary/aromatic N) is 2. The molecule has 6 nitrogen and oxygen atoms in total. The van der Waals surface area contributed by atoms with Crippen LogP contribution in [0, 0.1) is 11.7 Å². The van der Waals surface area contributed by atoms with Crippen molar-refractivity contribution in [3.05, 3.63) is 24.3 Å². The molecule has 2 N–H and O–H groups in total. The molecular formula is C13H21FN4O2S. The lowest BCUT2D eigenvalue weighted by molar-refractivity contribution is 0.262. The molecule has 118 valence electrons. The van der Waals surface area contributed by atoms with E-state index >= 15 is 0 Å². The fraction of sp³-hybridized carbons (Fsp3) is 0.615. The van der Waals surface area contributed by atoms with E-state index in [1.165, 1.54) is 16.6 Å². The lowest BCUT2D eigenvalue weighted by Gasteiger charge is -2.32. The molecule has 0 saturated carbocycles. The minimum atomic E-state index is -3.73. The van der Waals surface area contributed by atoms with Gasteiger partial charge in [-0.25, -0.2) is 4.39 Å². The maximum atomic E-state index is 13.5. The SMILES string of the molecule is CCNCC1CCCN(S(=O)(=O)Nc2ccncc2F)C1. The number of piperidine rings is 1. The minimum absolute atomic E-state index is 0.0705. The van der Waals surface area contributed by atoms with Crippen LogP contribution in [-0.2, 0) is 10.2 Å². The molecule has 1 fully saturated rings. The lowest BCUT2D eigenvalue weighted by Crippen LogP contribution is -2.45. The number of anilines is 1. The summed E-state index contributed by atoms with van der Waals surface area (Å²) in [5, 5.41) is 3.24. The third-order valence-electron chi connectivity index (χ3n) is 3.52.